The molecule has 2 nitrogen and oxygen atoms in total. The first kappa shape index (κ1) is 16.2. The first-order chi connectivity index (χ1) is 9.15. The van der Waals surface area contributed by atoms with E-state index >= 15 is 0 Å². The Bertz CT molecular complexity index is 362. The van der Waals surface area contributed by atoms with Crippen LogP contribution in [0.15, 0.2) is 12.1 Å². The third kappa shape index (κ3) is 6.20. The maximum absolute atomic E-state index is 10.2. The van der Waals surface area contributed by atoms with Gasteiger partial charge in [0.15, 0.2) is 0 Å². The van der Waals surface area contributed by atoms with Crippen molar-refractivity contribution in [1.29, 1.82) is 0 Å². The topological polar surface area (TPSA) is 33.1 Å². The Hall–Kier alpha value is -0.890. The van der Waals surface area contributed by atoms with Crippen LogP contribution in [-0.2, 0) is 0 Å². The Morgan fingerprint density at radius 2 is 1.63 bits per heavy atom. The number of rotatable bonds is 9. The molecule has 0 saturated carbocycles. The molecule has 1 aromatic rings. The van der Waals surface area contributed by atoms with Crippen LogP contribution < -0.4 is 0 Å². The molecule has 0 aliphatic rings. The molecule has 1 atom stereocenters. The quantitative estimate of drug-likeness (QED) is 0.645. The maximum atomic E-state index is 10.2. The lowest BCUT2D eigenvalue weighted by atomic mass is 10.0. The molecule has 0 bridgehead atoms. The molecule has 0 saturated heterocycles. The summed E-state index contributed by atoms with van der Waals surface area (Å²) < 4.78 is 0. The van der Waals surface area contributed by atoms with Gasteiger partial charge in [0.25, 0.3) is 0 Å². The number of hydrogen-bond donors (Lipinski definition) is 1. The molecule has 0 spiro atoms. The molecule has 19 heavy (non-hydrogen) atoms. The van der Waals surface area contributed by atoms with Crippen molar-refractivity contribution in [2.45, 2.75) is 78.2 Å². The van der Waals surface area contributed by atoms with Crippen molar-refractivity contribution in [3.05, 3.63) is 29.1 Å². The van der Waals surface area contributed by atoms with Crippen molar-refractivity contribution in [3.8, 4) is 0 Å². The Labute approximate surface area is 118 Å². The fourth-order valence-electron chi connectivity index (χ4n) is 2.50. The standard InChI is InChI=1S/C17H29NO/c1-4-5-6-7-8-9-10-11-17(19)16-13-12-14(2)18-15(16)3/h12-13,17,19H,4-11H2,1-3H3. The number of nitrogens with zero attached hydrogens (tertiary/aromatic N) is 1. The van der Waals surface area contributed by atoms with E-state index in [1.165, 1.54) is 38.5 Å². The predicted molar refractivity (Wildman–Crippen MR) is 81.3 cm³/mol. The van der Waals surface area contributed by atoms with Gasteiger partial charge < -0.3 is 5.11 Å². The van der Waals surface area contributed by atoms with Gasteiger partial charge in [-0.05, 0) is 26.3 Å². The highest BCUT2D eigenvalue weighted by atomic mass is 16.3. The zero-order valence-electron chi connectivity index (χ0n) is 12.8. The molecule has 1 N–H and O–H groups in total. The van der Waals surface area contributed by atoms with Crippen LogP contribution in [0.3, 0.4) is 0 Å². The molecule has 0 radical (unpaired) electrons. The van der Waals surface area contributed by atoms with Gasteiger partial charge in [-0.25, -0.2) is 0 Å². The summed E-state index contributed by atoms with van der Waals surface area (Å²) in [5, 5.41) is 10.2. The lowest BCUT2D eigenvalue weighted by Gasteiger charge is -2.13. The summed E-state index contributed by atoms with van der Waals surface area (Å²) in [6.07, 6.45) is 9.53. The summed E-state index contributed by atoms with van der Waals surface area (Å²) in [5.74, 6) is 0. The molecule has 1 rings (SSSR count). The van der Waals surface area contributed by atoms with Gasteiger partial charge in [0.1, 0.15) is 0 Å². The largest absolute Gasteiger partial charge is 0.388 e. The van der Waals surface area contributed by atoms with Crippen molar-refractivity contribution in [2.75, 3.05) is 0 Å². The molecule has 0 fully saturated rings. The van der Waals surface area contributed by atoms with Crippen LogP contribution in [0.1, 0.15) is 81.3 Å². The Morgan fingerprint density at radius 1 is 1.00 bits per heavy atom. The van der Waals surface area contributed by atoms with Gasteiger partial charge >= 0.3 is 0 Å². The first-order valence-corrected chi connectivity index (χ1v) is 7.77. The number of unbranched alkanes of at least 4 members (excludes halogenated alkanes) is 6. The summed E-state index contributed by atoms with van der Waals surface area (Å²) >= 11 is 0. The fourth-order valence-corrected chi connectivity index (χ4v) is 2.50. The van der Waals surface area contributed by atoms with E-state index in [1.54, 1.807) is 0 Å². The summed E-state index contributed by atoms with van der Waals surface area (Å²) in [5.41, 5.74) is 2.98. The van der Waals surface area contributed by atoms with Crippen LogP contribution in [0.5, 0.6) is 0 Å². The van der Waals surface area contributed by atoms with Gasteiger partial charge in [-0.3, -0.25) is 4.98 Å². The van der Waals surface area contributed by atoms with Gasteiger partial charge in [-0.1, -0.05) is 57.9 Å². The highest BCUT2D eigenvalue weighted by molar-refractivity contribution is 5.23. The molecular formula is C17H29NO. The van der Waals surface area contributed by atoms with Crippen LogP contribution in [0, 0.1) is 13.8 Å². The number of hydrogen-bond acceptors (Lipinski definition) is 2. The van der Waals surface area contributed by atoms with Crippen LogP contribution in [0.4, 0.5) is 0 Å². The SMILES string of the molecule is CCCCCCCCCC(O)c1ccc(C)nc1C. The van der Waals surface area contributed by atoms with E-state index in [4.69, 9.17) is 0 Å². The molecule has 1 aromatic heterocycles. The monoisotopic (exact) mass is 263 g/mol. The van der Waals surface area contributed by atoms with Crippen molar-refractivity contribution in [2.24, 2.45) is 0 Å². The number of aliphatic hydroxyl groups is 1. The van der Waals surface area contributed by atoms with E-state index in [9.17, 15) is 5.11 Å². The predicted octanol–water partition coefficient (Wildman–Crippen LogP) is 4.87. The smallest absolute Gasteiger partial charge is 0.0807 e. The van der Waals surface area contributed by atoms with E-state index in [0.29, 0.717) is 0 Å². The van der Waals surface area contributed by atoms with Crippen molar-refractivity contribution in [1.82, 2.24) is 4.98 Å². The Kier molecular flexibility index (Phi) is 7.73. The average Bonchev–Trinajstić information content (AvgIpc) is 2.37. The summed E-state index contributed by atoms with van der Waals surface area (Å²) in [4.78, 5) is 4.41. The van der Waals surface area contributed by atoms with Gasteiger partial charge in [-0.2, -0.15) is 0 Å². The summed E-state index contributed by atoms with van der Waals surface area (Å²) in [6.45, 7) is 6.21. The molecule has 2 heteroatoms. The van der Waals surface area contributed by atoms with E-state index in [1.807, 2.05) is 26.0 Å². The molecule has 0 aromatic carbocycles. The Morgan fingerprint density at radius 3 is 2.26 bits per heavy atom. The van der Waals surface area contributed by atoms with E-state index < -0.39 is 0 Å². The Balaban J connectivity index is 2.22. The van der Waals surface area contributed by atoms with E-state index in [2.05, 4.69) is 11.9 Å². The van der Waals surface area contributed by atoms with Crippen molar-refractivity contribution >= 4 is 0 Å². The summed E-state index contributed by atoms with van der Waals surface area (Å²) in [6, 6.07) is 4.00. The van der Waals surface area contributed by atoms with Crippen LogP contribution in [-0.4, -0.2) is 10.1 Å². The van der Waals surface area contributed by atoms with Crippen molar-refractivity contribution in [3.63, 3.8) is 0 Å². The third-order valence-electron chi connectivity index (χ3n) is 3.71. The second-order valence-corrected chi connectivity index (χ2v) is 5.55. The van der Waals surface area contributed by atoms with E-state index in [0.717, 1.165) is 29.8 Å². The molecule has 0 aliphatic heterocycles. The second kappa shape index (κ2) is 9.08. The second-order valence-electron chi connectivity index (χ2n) is 5.55. The highest BCUT2D eigenvalue weighted by Gasteiger charge is 2.10. The zero-order valence-corrected chi connectivity index (χ0v) is 12.8. The van der Waals surface area contributed by atoms with E-state index in [-0.39, 0.29) is 6.10 Å². The minimum Gasteiger partial charge on any atom is -0.388 e. The lowest BCUT2D eigenvalue weighted by molar-refractivity contribution is 0.162. The minimum atomic E-state index is -0.344. The number of pyridine rings is 1. The molecule has 1 unspecified atom stereocenters. The van der Waals surface area contributed by atoms with Gasteiger partial charge in [-0.15, -0.1) is 0 Å². The molecule has 1 heterocycles. The average molecular weight is 263 g/mol. The number of aliphatic hydroxyl groups excluding tert-OH is 1. The zero-order chi connectivity index (χ0) is 14.1. The normalized spacial score (nSPS) is 12.6. The molecule has 0 amide bonds. The molecule has 108 valence electrons. The van der Waals surface area contributed by atoms with Crippen LogP contribution in [0.2, 0.25) is 0 Å². The molecule has 0 aliphatic carbocycles. The van der Waals surface area contributed by atoms with Crippen molar-refractivity contribution < 1.29 is 5.11 Å². The van der Waals surface area contributed by atoms with Crippen LogP contribution in [0.25, 0.3) is 0 Å². The lowest BCUT2D eigenvalue weighted by Crippen LogP contribution is -2.02. The highest BCUT2D eigenvalue weighted by Crippen LogP contribution is 2.22. The van der Waals surface area contributed by atoms with Gasteiger partial charge in [0.2, 0.25) is 0 Å². The number of aryl methyl sites for hydroxylation is 2. The summed E-state index contributed by atoms with van der Waals surface area (Å²) in [7, 11) is 0. The first-order valence-electron chi connectivity index (χ1n) is 7.77. The fraction of sp³-hybridized carbons (Fsp3) is 0.706. The van der Waals surface area contributed by atoms with Crippen LogP contribution >= 0.6 is 0 Å². The maximum Gasteiger partial charge on any atom is 0.0807 e. The minimum absolute atomic E-state index is 0.344. The van der Waals surface area contributed by atoms with Gasteiger partial charge in [0.05, 0.1) is 6.10 Å². The third-order valence-corrected chi connectivity index (χ3v) is 3.71. The molecular weight excluding hydrogens is 234 g/mol. The van der Waals surface area contributed by atoms with Gasteiger partial charge in [0, 0.05) is 17.0 Å². The number of aromatic nitrogens is 1.